The van der Waals surface area contributed by atoms with Crippen LogP contribution < -0.4 is 11.1 Å². The van der Waals surface area contributed by atoms with Crippen LogP contribution in [-0.2, 0) is 13.5 Å². The lowest BCUT2D eigenvalue weighted by Gasteiger charge is -2.16. The first-order valence-electron chi connectivity index (χ1n) is 7.70. The average molecular weight is 396 g/mol. The summed E-state index contributed by atoms with van der Waals surface area (Å²) < 4.78 is 7.03. The Bertz CT molecular complexity index is 908. The van der Waals surface area contributed by atoms with E-state index in [1.807, 2.05) is 24.3 Å². The molecule has 0 saturated heterocycles. The van der Waals surface area contributed by atoms with Crippen LogP contribution in [0.1, 0.15) is 27.7 Å². The van der Waals surface area contributed by atoms with Crippen molar-refractivity contribution >= 4 is 30.7 Å². The lowest BCUT2D eigenvalue weighted by atomic mass is 10.1. The minimum absolute atomic E-state index is 0. The van der Waals surface area contributed by atoms with E-state index in [0.29, 0.717) is 5.89 Å². The largest absolute Gasteiger partial charge is 0.444 e. The molecule has 2 heterocycles. The van der Waals surface area contributed by atoms with Crippen molar-refractivity contribution in [1.82, 2.24) is 20.1 Å². The fourth-order valence-electron chi connectivity index (χ4n) is 3.05. The van der Waals surface area contributed by atoms with Gasteiger partial charge in [0.2, 0.25) is 5.89 Å². The summed E-state index contributed by atoms with van der Waals surface area (Å²) in [5.41, 5.74) is 9.46. The van der Waals surface area contributed by atoms with Crippen LogP contribution >= 0.6 is 24.8 Å². The Morgan fingerprint density at radius 2 is 2.12 bits per heavy atom. The number of carbonyl (C=O) groups is 1. The third kappa shape index (κ3) is 3.60. The van der Waals surface area contributed by atoms with E-state index >= 15 is 0 Å². The van der Waals surface area contributed by atoms with Gasteiger partial charge in [-0.15, -0.1) is 24.8 Å². The van der Waals surface area contributed by atoms with Crippen LogP contribution in [0.5, 0.6) is 0 Å². The molecule has 3 aromatic rings. The molecular formula is C17H19Cl2N5O2. The molecule has 0 unspecified atom stereocenters. The quantitative estimate of drug-likeness (QED) is 0.708. The monoisotopic (exact) mass is 395 g/mol. The molecule has 0 aliphatic heterocycles. The van der Waals surface area contributed by atoms with Crippen LogP contribution in [-0.4, -0.2) is 26.7 Å². The molecule has 0 fully saturated rings. The number of oxazole rings is 1. The summed E-state index contributed by atoms with van der Waals surface area (Å²) in [6.45, 7) is 0. The number of nitrogens with one attached hydrogen (secondary N) is 1. The fourth-order valence-corrected chi connectivity index (χ4v) is 3.05. The van der Waals surface area contributed by atoms with Crippen molar-refractivity contribution in [1.29, 1.82) is 0 Å². The average Bonchev–Trinajstić information content (AvgIpc) is 3.28. The molecule has 0 radical (unpaired) electrons. The highest BCUT2D eigenvalue weighted by Crippen LogP contribution is 2.29. The first-order chi connectivity index (χ1) is 11.6. The van der Waals surface area contributed by atoms with Gasteiger partial charge < -0.3 is 15.5 Å². The van der Waals surface area contributed by atoms with Gasteiger partial charge in [-0.05, 0) is 17.5 Å². The Balaban J connectivity index is 0.00000121. The van der Waals surface area contributed by atoms with Gasteiger partial charge in [-0.1, -0.05) is 24.3 Å². The van der Waals surface area contributed by atoms with Crippen LogP contribution in [0, 0.1) is 0 Å². The van der Waals surface area contributed by atoms with Crippen LogP contribution in [0.4, 0.5) is 0 Å². The molecule has 1 aliphatic carbocycles. The van der Waals surface area contributed by atoms with Crippen molar-refractivity contribution in [3.8, 4) is 11.5 Å². The molecule has 1 aromatic carbocycles. The molecule has 138 valence electrons. The molecule has 1 amide bonds. The van der Waals surface area contributed by atoms with Crippen LogP contribution in [0.25, 0.3) is 11.5 Å². The minimum Gasteiger partial charge on any atom is -0.444 e. The number of aromatic nitrogens is 3. The fraction of sp³-hybridized carbons (Fsp3) is 0.235. The molecule has 0 spiro atoms. The van der Waals surface area contributed by atoms with Crippen molar-refractivity contribution < 1.29 is 9.21 Å². The highest BCUT2D eigenvalue weighted by molar-refractivity contribution is 5.92. The molecule has 26 heavy (non-hydrogen) atoms. The zero-order valence-electron chi connectivity index (χ0n) is 14.0. The second kappa shape index (κ2) is 7.90. The SMILES string of the molecule is Cl.Cl.Cn1cc(-c2nc(C(=O)N[C@@H]3Cc4ccccc4[C@H]3N)co2)cn1. The van der Waals surface area contributed by atoms with Gasteiger partial charge in [-0.25, -0.2) is 4.98 Å². The number of benzene rings is 1. The molecular weight excluding hydrogens is 377 g/mol. The van der Waals surface area contributed by atoms with Gasteiger partial charge in [0.25, 0.3) is 5.91 Å². The van der Waals surface area contributed by atoms with Crippen molar-refractivity contribution in [2.75, 3.05) is 0 Å². The maximum Gasteiger partial charge on any atom is 0.273 e. The van der Waals surface area contributed by atoms with Crippen LogP contribution in [0.2, 0.25) is 0 Å². The van der Waals surface area contributed by atoms with E-state index in [9.17, 15) is 4.79 Å². The van der Waals surface area contributed by atoms with Gasteiger partial charge in [0.05, 0.1) is 23.8 Å². The molecule has 4 rings (SSSR count). The number of fused-ring (bicyclic) bond motifs is 1. The summed E-state index contributed by atoms with van der Waals surface area (Å²) in [7, 11) is 1.80. The second-order valence-electron chi connectivity index (χ2n) is 5.95. The van der Waals surface area contributed by atoms with Crippen molar-refractivity contribution in [2.45, 2.75) is 18.5 Å². The number of nitrogens with two attached hydrogens (primary N) is 1. The Morgan fingerprint density at radius 3 is 2.81 bits per heavy atom. The number of nitrogens with zero attached hydrogens (tertiary/aromatic N) is 3. The third-order valence-electron chi connectivity index (χ3n) is 4.29. The highest BCUT2D eigenvalue weighted by Gasteiger charge is 2.31. The first-order valence-corrected chi connectivity index (χ1v) is 7.70. The van der Waals surface area contributed by atoms with Gasteiger partial charge >= 0.3 is 0 Å². The molecule has 2 aromatic heterocycles. The summed E-state index contributed by atoms with van der Waals surface area (Å²) in [5.74, 6) is 0.0782. The predicted octanol–water partition coefficient (Wildman–Crippen LogP) is 2.27. The van der Waals surface area contributed by atoms with Gasteiger partial charge in [0.15, 0.2) is 5.69 Å². The van der Waals surface area contributed by atoms with Gasteiger partial charge in [-0.2, -0.15) is 5.10 Å². The number of hydrogen-bond acceptors (Lipinski definition) is 5. The second-order valence-corrected chi connectivity index (χ2v) is 5.95. The summed E-state index contributed by atoms with van der Waals surface area (Å²) in [4.78, 5) is 16.7. The lowest BCUT2D eigenvalue weighted by molar-refractivity contribution is 0.0928. The van der Waals surface area contributed by atoms with Crippen molar-refractivity contribution in [3.63, 3.8) is 0 Å². The highest BCUT2D eigenvalue weighted by atomic mass is 35.5. The molecule has 0 bridgehead atoms. The van der Waals surface area contributed by atoms with Crippen LogP contribution in [0.15, 0.2) is 47.3 Å². The van der Waals surface area contributed by atoms with E-state index in [2.05, 4.69) is 15.4 Å². The maximum atomic E-state index is 12.4. The smallest absolute Gasteiger partial charge is 0.273 e. The summed E-state index contributed by atoms with van der Waals surface area (Å²) in [5, 5.41) is 7.02. The Kier molecular flexibility index (Phi) is 6.07. The summed E-state index contributed by atoms with van der Waals surface area (Å²) >= 11 is 0. The Hall–Kier alpha value is -2.35. The zero-order valence-corrected chi connectivity index (χ0v) is 15.6. The van der Waals surface area contributed by atoms with E-state index in [0.717, 1.165) is 17.5 Å². The van der Waals surface area contributed by atoms with E-state index < -0.39 is 0 Å². The molecule has 1 aliphatic rings. The van der Waals surface area contributed by atoms with Gasteiger partial charge in [-0.3, -0.25) is 9.48 Å². The standard InChI is InChI=1S/C17H17N5O2.2ClH/c1-22-8-11(7-19-22)17-21-14(9-24-17)16(23)20-13-6-10-4-2-3-5-12(10)15(13)18;;/h2-5,7-9,13,15H,6,18H2,1H3,(H,20,23);2*1H/t13-,15-;;/m1../s1. The topological polar surface area (TPSA) is 99.0 Å². The van der Waals surface area contributed by atoms with Gasteiger partial charge in [0.1, 0.15) is 6.26 Å². The third-order valence-corrected chi connectivity index (χ3v) is 4.29. The zero-order chi connectivity index (χ0) is 16.7. The van der Waals surface area contributed by atoms with E-state index in [1.54, 1.807) is 24.1 Å². The van der Waals surface area contributed by atoms with E-state index in [1.165, 1.54) is 11.8 Å². The summed E-state index contributed by atoms with van der Waals surface area (Å²) in [6.07, 6.45) is 5.48. The maximum absolute atomic E-state index is 12.4. The lowest BCUT2D eigenvalue weighted by Crippen LogP contribution is -2.40. The molecule has 9 heteroatoms. The molecule has 2 atom stereocenters. The Morgan fingerprint density at radius 1 is 1.35 bits per heavy atom. The number of amides is 1. The predicted molar refractivity (Wildman–Crippen MR) is 102 cm³/mol. The Labute approximate surface area is 162 Å². The number of halogens is 2. The van der Waals surface area contributed by atoms with E-state index in [4.69, 9.17) is 10.2 Å². The van der Waals surface area contributed by atoms with Crippen LogP contribution in [0.3, 0.4) is 0 Å². The van der Waals surface area contributed by atoms with Gasteiger partial charge in [0, 0.05) is 13.2 Å². The molecule has 7 nitrogen and oxygen atoms in total. The van der Waals surface area contributed by atoms with Crippen molar-refractivity contribution in [2.24, 2.45) is 12.8 Å². The van der Waals surface area contributed by atoms with Crippen molar-refractivity contribution in [3.05, 3.63) is 59.7 Å². The minimum atomic E-state index is -0.290. The number of carbonyl (C=O) groups excluding carboxylic acids is 1. The molecule has 0 saturated carbocycles. The first kappa shape index (κ1) is 20.0. The number of aryl methyl sites for hydroxylation is 1. The number of hydrogen-bond donors (Lipinski definition) is 2. The normalized spacial score (nSPS) is 17.8. The molecule has 3 N–H and O–H groups in total. The van der Waals surface area contributed by atoms with E-state index in [-0.39, 0.29) is 48.5 Å². The number of rotatable bonds is 3. The summed E-state index contributed by atoms with van der Waals surface area (Å²) in [6, 6.07) is 7.62.